The van der Waals surface area contributed by atoms with E-state index >= 15 is 0 Å². The van der Waals surface area contributed by atoms with E-state index in [2.05, 4.69) is 16.0 Å². The molecule has 0 radical (unpaired) electrons. The molecule has 3 N–H and O–H groups in total. The molecule has 0 aliphatic heterocycles. The zero-order chi connectivity index (χ0) is 23.0. The van der Waals surface area contributed by atoms with Crippen molar-refractivity contribution in [3.05, 3.63) is 112 Å². The van der Waals surface area contributed by atoms with Gasteiger partial charge in [0.2, 0.25) is 5.91 Å². The van der Waals surface area contributed by atoms with Gasteiger partial charge >= 0.3 is 0 Å². The van der Waals surface area contributed by atoms with Crippen LogP contribution in [0.5, 0.6) is 0 Å². The lowest BCUT2D eigenvalue weighted by atomic mass is 10.1. The lowest BCUT2D eigenvalue weighted by molar-refractivity contribution is -0.123. The highest BCUT2D eigenvalue weighted by Gasteiger charge is 2.23. The molecule has 0 saturated carbocycles. The zero-order valence-corrected chi connectivity index (χ0v) is 18.3. The number of nitrogens with one attached hydrogen (secondary N) is 3. The summed E-state index contributed by atoms with van der Waals surface area (Å²) in [6, 6.07) is 22.1. The van der Waals surface area contributed by atoms with Gasteiger partial charge in [-0.15, -0.1) is 11.3 Å². The van der Waals surface area contributed by atoms with Crippen LogP contribution in [0.1, 0.15) is 37.4 Å². The van der Waals surface area contributed by atoms with E-state index in [1.165, 1.54) is 17.6 Å². The maximum atomic E-state index is 13.0. The SMILES string of the molecule is O=C(Nc1ccc(CNC(=O)C(NC(=O)c2cccs2)c2ccccc2)cc1)c1ccco1. The number of thiophene rings is 1. The number of carbonyl (C=O) groups is 3. The normalized spacial score (nSPS) is 11.4. The molecule has 4 aromatic rings. The number of amides is 3. The molecule has 166 valence electrons. The van der Waals surface area contributed by atoms with Crippen LogP contribution in [0, 0.1) is 0 Å². The third kappa shape index (κ3) is 5.75. The van der Waals surface area contributed by atoms with Crippen LogP contribution >= 0.6 is 11.3 Å². The monoisotopic (exact) mass is 459 g/mol. The van der Waals surface area contributed by atoms with E-state index in [1.54, 1.807) is 60.7 Å². The Bertz CT molecular complexity index is 1200. The van der Waals surface area contributed by atoms with Crippen molar-refractivity contribution in [2.24, 2.45) is 0 Å². The third-order valence-electron chi connectivity index (χ3n) is 4.84. The molecule has 0 aliphatic carbocycles. The molecule has 4 rings (SSSR count). The highest BCUT2D eigenvalue weighted by atomic mass is 32.1. The van der Waals surface area contributed by atoms with Gasteiger partial charge < -0.3 is 20.4 Å². The number of rotatable bonds is 8. The molecule has 0 fully saturated rings. The van der Waals surface area contributed by atoms with Gasteiger partial charge in [0.1, 0.15) is 6.04 Å². The van der Waals surface area contributed by atoms with Crippen molar-refractivity contribution in [1.82, 2.24) is 10.6 Å². The van der Waals surface area contributed by atoms with Crippen molar-refractivity contribution >= 4 is 34.7 Å². The van der Waals surface area contributed by atoms with Gasteiger partial charge in [0.15, 0.2) is 5.76 Å². The van der Waals surface area contributed by atoms with E-state index in [1.807, 2.05) is 23.6 Å². The van der Waals surface area contributed by atoms with Crippen LogP contribution in [-0.4, -0.2) is 17.7 Å². The summed E-state index contributed by atoms with van der Waals surface area (Å²) in [4.78, 5) is 38.1. The van der Waals surface area contributed by atoms with Crippen molar-refractivity contribution in [1.29, 1.82) is 0 Å². The first kappa shape index (κ1) is 22.0. The molecular weight excluding hydrogens is 438 g/mol. The first-order valence-corrected chi connectivity index (χ1v) is 11.1. The minimum Gasteiger partial charge on any atom is -0.459 e. The highest BCUT2D eigenvalue weighted by molar-refractivity contribution is 7.12. The maximum absolute atomic E-state index is 13.0. The molecule has 7 nitrogen and oxygen atoms in total. The molecule has 1 unspecified atom stereocenters. The minimum absolute atomic E-state index is 0.225. The van der Waals surface area contributed by atoms with E-state index < -0.39 is 6.04 Å². The Morgan fingerprint density at radius 1 is 0.848 bits per heavy atom. The summed E-state index contributed by atoms with van der Waals surface area (Å²) in [6.07, 6.45) is 1.44. The molecule has 2 heterocycles. The second-order valence-electron chi connectivity index (χ2n) is 7.14. The Balaban J connectivity index is 1.38. The smallest absolute Gasteiger partial charge is 0.291 e. The van der Waals surface area contributed by atoms with Crippen molar-refractivity contribution in [2.75, 3.05) is 5.32 Å². The maximum Gasteiger partial charge on any atom is 0.291 e. The van der Waals surface area contributed by atoms with Gasteiger partial charge in [-0.25, -0.2) is 0 Å². The van der Waals surface area contributed by atoms with Crippen LogP contribution in [0.4, 0.5) is 5.69 Å². The van der Waals surface area contributed by atoms with Gasteiger partial charge in [-0.05, 0) is 46.8 Å². The summed E-state index contributed by atoms with van der Waals surface area (Å²) < 4.78 is 5.08. The second kappa shape index (κ2) is 10.4. The van der Waals surface area contributed by atoms with Gasteiger partial charge in [-0.3, -0.25) is 14.4 Å². The average Bonchev–Trinajstić information content (AvgIpc) is 3.57. The second-order valence-corrected chi connectivity index (χ2v) is 8.09. The summed E-state index contributed by atoms with van der Waals surface area (Å²) in [5.41, 5.74) is 2.14. The molecule has 33 heavy (non-hydrogen) atoms. The van der Waals surface area contributed by atoms with Gasteiger partial charge in [-0.2, -0.15) is 0 Å². The summed E-state index contributed by atoms with van der Waals surface area (Å²) in [7, 11) is 0. The number of anilines is 1. The summed E-state index contributed by atoms with van der Waals surface area (Å²) in [6.45, 7) is 0.267. The van der Waals surface area contributed by atoms with Gasteiger partial charge in [-0.1, -0.05) is 48.5 Å². The standard InChI is InChI=1S/C25H21N3O4S/c29-23(20-8-4-14-32-20)27-19-12-10-17(11-13-19)16-26-25(31)22(18-6-2-1-3-7-18)28-24(30)21-9-5-15-33-21/h1-15,22H,16H2,(H,26,31)(H,27,29)(H,28,30). The van der Waals surface area contributed by atoms with Crippen molar-refractivity contribution < 1.29 is 18.8 Å². The predicted octanol–water partition coefficient (Wildman–Crippen LogP) is 4.38. The van der Waals surface area contributed by atoms with Crippen LogP contribution in [0.2, 0.25) is 0 Å². The fraction of sp³-hybridized carbons (Fsp3) is 0.0800. The topological polar surface area (TPSA) is 100 Å². The van der Waals surface area contributed by atoms with Crippen LogP contribution in [-0.2, 0) is 11.3 Å². The predicted molar refractivity (Wildman–Crippen MR) is 126 cm³/mol. The largest absolute Gasteiger partial charge is 0.459 e. The lowest BCUT2D eigenvalue weighted by Crippen LogP contribution is -2.40. The number of furan rings is 1. The van der Waals surface area contributed by atoms with Gasteiger partial charge in [0.05, 0.1) is 11.1 Å². The van der Waals surface area contributed by atoms with E-state index in [0.717, 1.165) is 5.56 Å². The van der Waals surface area contributed by atoms with E-state index in [-0.39, 0.29) is 30.0 Å². The average molecular weight is 460 g/mol. The molecule has 0 saturated heterocycles. The van der Waals surface area contributed by atoms with Crippen LogP contribution < -0.4 is 16.0 Å². The summed E-state index contributed by atoms with van der Waals surface area (Å²) >= 11 is 1.32. The van der Waals surface area contributed by atoms with Crippen molar-refractivity contribution in [3.63, 3.8) is 0 Å². The highest BCUT2D eigenvalue weighted by Crippen LogP contribution is 2.17. The van der Waals surface area contributed by atoms with Crippen molar-refractivity contribution in [2.45, 2.75) is 12.6 Å². The molecule has 3 amide bonds. The van der Waals surface area contributed by atoms with Crippen molar-refractivity contribution in [3.8, 4) is 0 Å². The Morgan fingerprint density at radius 2 is 1.64 bits per heavy atom. The Morgan fingerprint density at radius 3 is 2.30 bits per heavy atom. The van der Waals surface area contributed by atoms with E-state index in [4.69, 9.17) is 4.42 Å². The fourth-order valence-electron chi connectivity index (χ4n) is 3.15. The summed E-state index contributed by atoms with van der Waals surface area (Å²) in [5.74, 6) is -0.733. The zero-order valence-electron chi connectivity index (χ0n) is 17.5. The van der Waals surface area contributed by atoms with Crippen LogP contribution in [0.15, 0.2) is 94.9 Å². The number of hydrogen-bond donors (Lipinski definition) is 3. The lowest BCUT2D eigenvalue weighted by Gasteiger charge is -2.19. The van der Waals surface area contributed by atoms with Crippen LogP contribution in [0.25, 0.3) is 0 Å². The first-order chi connectivity index (χ1) is 16.1. The third-order valence-corrected chi connectivity index (χ3v) is 5.71. The molecule has 0 aliphatic rings. The minimum atomic E-state index is -0.826. The molecular formula is C25H21N3O4S. The number of carbonyl (C=O) groups excluding carboxylic acids is 3. The van der Waals surface area contributed by atoms with Gasteiger partial charge in [0.25, 0.3) is 11.8 Å². The number of benzene rings is 2. The summed E-state index contributed by atoms with van der Waals surface area (Å²) in [5, 5.41) is 10.3. The molecule has 2 aromatic heterocycles. The van der Waals surface area contributed by atoms with Gasteiger partial charge in [0, 0.05) is 12.2 Å². The van der Waals surface area contributed by atoms with E-state index in [9.17, 15) is 14.4 Å². The Hall–Kier alpha value is -4.17. The van der Waals surface area contributed by atoms with E-state index in [0.29, 0.717) is 16.1 Å². The first-order valence-electron chi connectivity index (χ1n) is 10.2. The molecule has 8 heteroatoms. The Labute approximate surface area is 194 Å². The molecule has 0 bridgehead atoms. The molecule has 1 atom stereocenters. The molecule has 0 spiro atoms. The molecule has 2 aromatic carbocycles. The number of hydrogen-bond acceptors (Lipinski definition) is 5. The Kier molecular flexibility index (Phi) is 6.96. The van der Waals surface area contributed by atoms with Crippen LogP contribution in [0.3, 0.4) is 0 Å². The quantitative estimate of drug-likeness (QED) is 0.364. The fourth-order valence-corrected chi connectivity index (χ4v) is 3.78.